The minimum absolute atomic E-state index is 0.221. The molecule has 0 amide bonds. The average Bonchev–Trinajstić information content (AvgIpc) is 2.52. The van der Waals surface area contributed by atoms with Crippen molar-refractivity contribution in [1.29, 1.82) is 0 Å². The topological polar surface area (TPSA) is 35.5 Å². The number of aliphatic hydroxyl groups is 1. The van der Waals surface area contributed by atoms with Crippen LogP contribution < -0.4 is 5.32 Å². The van der Waals surface area contributed by atoms with Gasteiger partial charge in [-0.2, -0.15) is 0 Å². The Balaban J connectivity index is 1.62. The third kappa shape index (κ3) is 5.77. The standard InChI is InChI=1S/C18H30N2O/c1-15(2)18(21)14-19-17-9-12-20(13-10-17)11-8-16-6-4-3-5-7-16/h3-7,15,17-19,21H,8-14H2,1-2H3. The predicted molar refractivity (Wildman–Crippen MR) is 88.5 cm³/mol. The first kappa shape index (κ1) is 16.5. The Morgan fingerprint density at radius 2 is 1.86 bits per heavy atom. The molecule has 0 saturated carbocycles. The summed E-state index contributed by atoms with van der Waals surface area (Å²) in [5.41, 5.74) is 1.43. The molecule has 3 heteroatoms. The summed E-state index contributed by atoms with van der Waals surface area (Å²) in [4.78, 5) is 2.56. The normalized spacial score (nSPS) is 19.0. The van der Waals surface area contributed by atoms with Crippen LogP contribution in [-0.2, 0) is 6.42 Å². The average molecular weight is 290 g/mol. The Morgan fingerprint density at radius 1 is 1.19 bits per heavy atom. The zero-order valence-electron chi connectivity index (χ0n) is 13.5. The maximum atomic E-state index is 9.85. The molecule has 1 atom stereocenters. The summed E-state index contributed by atoms with van der Waals surface area (Å²) in [6, 6.07) is 11.3. The van der Waals surface area contributed by atoms with Crippen LogP contribution in [0, 0.1) is 5.92 Å². The summed E-state index contributed by atoms with van der Waals surface area (Å²) in [6.07, 6.45) is 3.31. The highest BCUT2D eigenvalue weighted by Crippen LogP contribution is 2.12. The van der Waals surface area contributed by atoms with E-state index in [1.54, 1.807) is 0 Å². The van der Waals surface area contributed by atoms with Crippen molar-refractivity contribution in [1.82, 2.24) is 10.2 Å². The van der Waals surface area contributed by atoms with E-state index >= 15 is 0 Å². The zero-order valence-corrected chi connectivity index (χ0v) is 13.5. The number of benzene rings is 1. The molecule has 1 aromatic rings. The molecule has 0 spiro atoms. The summed E-state index contributed by atoms with van der Waals surface area (Å²) in [6.45, 7) is 8.36. The lowest BCUT2D eigenvalue weighted by molar-refractivity contribution is 0.112. The van der Waals surface area contributed by atoms with E-state index in [1.165, 1.54) is 31.5 Å². The fraction of sp³-hybridized carbons (Fsp3) is 0.667. The van der Waals surface area contributed by atoms with Gasteiger partial charge in [-0.05, 0) is 43.8 Å². The van der Waals surface area contributed by atoms with Crippen LogP contribution in [0.15, 0.2) is 30.3 Å². The Morgan fingerprint density at radius 3 is 2.48 bits per heavy atom. The predicted octanol–water partition coefficient (Wildman–Crippen LogP) is 2.30. The lowest BCUT2D eigenvalue weighted by atomic mass is 10.0. The van der Waals surface area contributed by atoms with Gasteiger partial charge in [0.25, 0.3) is 0 Å². The van der Waals surface area contributed by atoms with Crippen molar-refractivity contribution >= 4 is 0 Å². The van der Waals surface area contributed by atoms with Crippen LogP contribution in [0.1, 0.15) is 32.3 Å². The van der Waals surface area contributed by atoms with E-state index in [9.17, 15) is 5.11 Å². The summed E-state index contributed by atoms with van der Waals surface area (Å²) in [5.74, 6) is 0.337. The molecule has 118 valence electrons. The number of likely N-dealkylation sites (tertiary alicyclic amines) is 1. The van der Waals surface area contributed by atoms with Gasteiger partial charge in [-0.3, -0.25) is 0 Å². The molecule has 1 heterocycles. The number of nitrogens with zero attached hydrogens (tertiary/aromatic N) is 1. The second kappa shape index (κ2) is 8.52. The smallest absolute Gasteiger partial charge is 0.0687 e. The van der Waals surface area contributed by atoms with E-state index in [-0.39, 0.29) is 6.10 Å². The van der Waals surface area contributed by atoms with Crippen molar-refractivity contribution in [2.75, 3.05) is 26.2 Å². The summed E-state index contributed by atoms with van der Waals surface area (Å²) >= 11 is 0. The highest BCUT2D eigenvalue weighted by molar-refractivity contribution is 5.14. The molecule has 1 aliphatic heterocycles. The fourth-order valence-corrected chi connectivity index (χ4v) is 2.82. The van der Waals surface area contributed by atoms with Gasteiger partial charge in [0, 0.05) is 19.1 Å². The van der Waals surface area contributed by atoms with Crippen LogP contribution in [0.25, 0.3) is 0 Å². The molecule has 2 N–H and O–H groups in total. The van der Waals surface area contributed by atoms with Gasteiger partial charge in [-0.1, -0.05) is 44.2 Å². The second-order valence-electron chi connectivity index (χ2n) is 6.57. The molecule has 1 unspecified atom stereocenters. The van der Waals surface area contributed by atoms with Gasteiger partial charge in [-0.25, -0.2) is 0 Å². The zero-order chi connectivity index (χ0) is 15.1. The van der Waals surface area contributed by atoms with Gasteiger partial charge in [0.1, 0.15) is 0 Å². The number of hydrogen-bond acceptors (Lipinski definition) is 3. The van der Waals surface area contributed by atoms with E-state index in [4.69, 9.17) is 0 Å². The van der Waals surface area contributed by atoms with E-state index in [1.807, 2.05) is 0 Å². The number of piperidine rings is 1. The van der Waals surface area contributed by atoms with Crippen LogP contribution in [0.5, 0.6) is 0 Å². The van der Waals surface area contributed by atoms with Crippen molar-refractivity contribution in [3.05, 3.63) is 35.9 Å². The second-order valence-corrected chi connectivity index (χ2v) is 6.57. The minimum Gasteiger partial charge on any atom is -0.392 e. The molecule has 1 aromatic carbocycles. The highest BCUT2D eigenvalue weighted by Gasteiger charge is 2.19. The third-order valence-corrected chi connectivity index (χ3v) is 4.53. The van der Waals surface area contributed by atoms with Crippen LogP contribution in [0.4, 0.5) is 0 Å². The van der Waals surface area contributed by atoms with E-state index in [2.05, 4.69) is 54.4 Å². The van der Waals surface area contributed by atoms with Gasteiger partial charge < -0.3 is 15.3 Å². The molecule has 21 heavy (non-hydrogen) atoms. The van der Waals surface area contributed by atoms with Gasteiger partial charge in [0.2, 0.25) is 0 Å². The SMILES string of the molecule is CC(C)C(O)CNC1CCN(CCc2ccccc2)CC1. The summed E-state index contributed by atoms with van der Waals surface area (Å²) in [7, 11) is 0. The Labute approximate surface area is 129 Å². The van der Waals surface area contributed by atoms with Crippen LogP contribution in [0.2, 0.25) is 0 Å². The molecule has 0 aromatic heterocycles. The highest BCUT2D eigenvalue weighted by atomic mass is 16.3. The summed E-state index contributed by atoms with van der Waals surface area (Å²) in [5, 5.41) is 13.4. The Bertz CT molecular complexity index is 385. The van der Waals surface area contributed by atoms with Crippen molar-refractivity contribution < 1.29 is 5.11 Å². The molecule has 0 radical (unpaired) electrons. The fourth-order valence-electron chi connectivity index (χ4n) is 2.82. The van der Waals surface area contributed by atoms with Crippen molar-refractivity contribution in [2.24, 2.45) is 5.92 Å². The van der Waals surface area contributed by atoms with E-state index in [0.29, 0.717) is 12.0 Å². The van der Waals surface area contributed by atoms with Crippen molar-refractivity contribution in [3.8, 4) is 0 Å². The van der Waals surface area contributed by atoms with Crippen LogP contribution in [-0.4, -0.2) is 48.3 Å². The molecule has 0 bridgehead atoms. The van der Waals surface area contributed by atoms with Gasteiger partial charge in [0.15, 0.2) is 0 Å². The van der Waals surface area contributed by atoms with Crippen molar-refractivity contribution in [2.45, 2.75) is 45.3 Å². The molecule has 1 fully saturated rings. The van der Waals surface area contributed by atoms with E-state index < -0.39 is 0 Å². The maximum absolute atomic E-state index is 9.85. The lowest BCUT2D eigenvalue weighted by Crippen LogP contribution is -2.45. The van der Waals surface area contributed by atoms with Crippen LogP contribution >= 0.6 is 0 Å². The largest absolute Gasteiger partial charge is 0.392 e. The first-order valence-electron chi connectivity index (χ1n) is 8.33. The Kier molecular flexibility index (Phi) is 6.68. The molecule has 2 rings (SSSR count). The Hall–Kier alpha value is -0.900. The first-order chi connectivity index (χ1) is 10.1. The minimum atomic E-state index is -0.221. The third-order valence-electron chi connectivity index (χ3n) is 4.53. The number of nitrogens with one attached hydrogen (secondary N) is 1. The first-order valence-corrected chi connectivity index (χ1v) is 8.33. The molecule has 0 aliphatic carbocycles. The monoisotopic (exact) mass is 290 g/mol. The van der Waals surface area contributed by atoms with Gasteiger partial charge >= 0.3 is 0 Å². The molecule has 1 saturated heterocycles. The quantitative estimate of drug-likeness (QED) is 0.809. The number of aliphatic hydroxyl groups excluding tert-OH is 1. The number of hydrogen-bond donors (Lipinski definition) is 2. The van der Waals surface area contributed by atoms with Crippen LogP contribution in [0.3, 0.4) is 0 Å². The van der Waals surface area contributed by atoms with Gasteiger partial charge in [0.05, 0.1) is 6.10 Å². The summed E-state index contributed by atoms with van der Waals surface area (Å²) < 4.78 is 0. The maximum Gasteiger partial charge on any atom is 0.0687 e. The molecule has 1 aliphatic rings. The molecular formula is C18H30N2O. The van der Waals surface area contributed by atoms with Crippen molar-refractivity contribution in [3.63, 3.8) is 0 Å². The molecule has 3 nitrogen and oxygen atoms in total. The lowest BCUT2D eigenvalue weighted by Gasteiger charge is -2.33. The van der Waals surface area contributed by atoms with Gasteiger partial charge in [-0.15, -0.1) is 0 Å². The number of rotatable bonds is 7. The van der Waals surface area contributed by atoms with E-state index in [0.717, 1.165) is 19.5 Å². The molecular weight excluding hydrogens is 260 g/mol.